The van der Waals surface area contributed by atoms with Crippen LogP contribution < -0.4 is 0 Å². The summed E-state index contributed by atoms with van der Waals surface area (Å²) in [5, 5.41) is 0. The van der Waals surface area contributed by atoms with E-state index in [4.69, 9.17) is 0 Å². The fourth-order valence-corrected chi connectivity index (χ4v) is 2.56. The lowest BCUT2D eigenvalue weighted by Gasteiger charge is -2.14. The van der Waals surface area contributed by atoms with Crippen LogP contribution in [0.1, 0.15) is 92.9 Å². The van der Waals surface area contributed by atoms with Crippen LogP contribution in [0.4, 0.5) is 0 Å². The minimum absolute atomic E-state index is 0.989. The molecule has 22 heavy (non-hydrogen) atoms. The summed E-state index contributed by atoms with van der Waals surface area (Å²) in [6, 6.07) is 0. The van der Waals surface area contributed by atoms with Crippen molar-refractivity contribution in [3.63, 3.8) is 0 Å². The molecule has 0 nitrogen and oxygen atoms in total. The molecule has 122 valence electrons. The fraction of sp³-hybridized carbons (Fsp3) is 0.636. The van der Waals surface area contributed by atoms with Gasteiger partial charge in [-0.15, -0.1) is 0 Å². The highest BCUT2D eigenvalue weighted by atomic mass is 14.1. The van der Waals surface area contributed by atoms with E-state index in [1.165, 1.54) is 22.3 Å². The Bertz CT molecular complexity index is 444. The largest absolute Gasteiger partial charge is 0.0982 e. The third-order valence-corrected chi connectivity index (χ3v) is 3.74. The molecule has 0 aromatic carbocycles. The summed E-state index contributed by atoms with van der Waals surface area (Å²) < 4.78 is 0. The van der Waals surface area contributed by atoms with Crippen LogP contribution in [0.3, 0.4) is 0 Å². The van der Waals surface area contributed by atoms with Crippen LogP contribution in [-0.4, -0.2) is 0 Å². The predicted molar refractivity (Wildman–Crippen MR) is 101 cm³/mol. The topological polar surface area (TPSA) is 0 Å². The van der Waals surface area contributed by atoms with Gasteiger partial charge < -0.3 is 0 Å². The maximum absolute atomic E-state index is 3.43. The number of hydrogen-bond donors (Lipinski definition) is 0. The lowest BCUT2D eigenvalue weighted by atomic mass is 9.89. The average molecular weight is 299 g/mol. The van der Waals surface area contributed by atoms with E-state index >= 15 is 0 Å². The molecule has 0 heterocycles. The molecular formula is C22H34. The van der Waals surface area contributed by atoms with Crippen molar-refractivity contribution in [2.75, 3.05) is 0 Å². The van der Waals surface area contributed by atoms with Crippen LogP contribution in [0.25, 0.3) is 0 Å². The van der Waals surface area contributed by atoms with Gasteiger partial charge in [0.25, 0.3) is 0 Å². The van der Waals surface area contributed by atoms with Crippen LogP contribution in [0, 0.1) is 23.7 Å². The second-order valence-corrected chi connectivity index (χ2v) is 5.43. The maximum Gasteiger partial charge on any atom is 0.00897 e. The van der Waals surface area contributed by atoms with Gasteiger partial charge >= 0.3 is 0 Å². The first kappa shape index (κ1) is 20.6. The highest BCUT2D eigenvalue weighted by Gasteiger charge is 2.10. The second kappa shape index (κ2) is 13.3. The minimum Gasteiger partial charge on any atom is -0.0982 e. The molecule has 0 aliphatic heterocycles. The van der Waals surface area contributed by atoms with Crippen molar-refractivity contribution in [1.29, 1.82) is 0 Å². The quantitative estimate of drug-likeness (QED) is 0.357. The van der Waals surface area contributed by atoms with E-state index in [9.17, 15) is 0 Å². The van der Waals surface area contributed by atoms with E-state index in [0.29, 0.717) is 0 Å². The van der Waals surface area contributed by atoms with Crippen LogP contribution >= 0.6 is 0 Å². The van der Waals surface area contributed by atoms with Gasteiger partial charge in [0.1, 0.15) is 0 Å². The summed E-state index contributed by atoms with van der Waals surface area (Å²) in [7, 11) is 0. The molecule has 0 rings (SSSR count). The summed E-state index contributed by atoms with van der Waals surface area (Å²) >= 11 is 0. The standard InChI is InChI=1S/C22H34/c1-7-13-15-17-19(9-3)21(11-5)22(12-6)20(10-4)18-16-14-8-2/h7-14H2,1-6H3/b21-19-,22-20-. The summed E-state index contributed by atoms with van der Waals surface area (Å²) in [6.45, 7) is 13.3. The Hall–Kier alpha value is -1.40. The van der Waals surface area contributed by atoms with Gasteiger partial charge in [0.05, 0.1) is 0 Å². The van der Waals surface area contributed by atoms with E-state index in [2.05, 4.69) is 65.2 Å². The van der Waals surface area contributed by atoms with E-state index < -0.39 is 0 Å². The summed E-state index contributed by atoms with van der Waals surface area (Å²) in [6.07, 6.45) is 8.37. The molecule has 0 bridgehead atoms. The van der Waals surface area contributed by atoms with E-state index in [1.807, 2.05) is 0 Å². The molecule has 0 aromatic heterocycles. The van der Waals surface area contributed by atoms with Crippen molar-refractivity contribution in [1.82, 2.24) is 0 Å². The first-order valence-corrected chi connectivity index (χ1v) is 9.11. The molecule has 0 amide bonds. The minimum atomic E-state index is 0.989. The molecule has 0 aromatic rings. The van der Waals surface area contributed by atoms with Crippen molar-refractivity contribution in [2.24, 2.45) is 0 Å². The normalized spacial score (nSPS) is 12.5. The zero-order valence-electron chi connectivity index (χ0n) is 15.7. The summed E-state index contributed by atoms with van der Waals surface area (Å²) in [5.74, 6) is 13.5. The van der Waals surface area contributed by atoms with Crippen LogP contribution in [0.2, 0.25) is 0 Å². The van der Waals surface area contributed by atoms with Crippen LogP contribution in [0.15, 0.2) is 22.3 Å². The van der Waals surface area contributed by atoms with Gasteiger partial charge in [0.2, 0.25) is 0 Å². The van der Waals surface area contributed by atoms with Crippen molar-refractivity contribution in [2.45, 2.75) is 92.9 Å². The third-order valence-electron chi connectivity index (χ3n) is 3.74. The molecule has 0 heteroatoms. The van der Waals surface area contributed by atoms with Gasteiger partial charge in [0.15, 0.2) is 0 Å². The zero-order chi connectivity index (χ0) is 16.8. The van der Waals surface area contributed by atoms with E-state index in [1.54, 1.807) is 0 Å². The number of allylic oxidation sites excluding steroid dienone is 4. The lowest BCUT2D eigenvalue weighted by Crippen LogP contribution is -1.98. The molecule has 0 aliphatic carbocycles. The zero-order valence-corrected chi connectivity index (χ0v) is 15.7. The highest BCUT2D eigenvalue weighted by molar-refractivity contribution is 5.49. The van der Waals surface area contributed by atoms with Gasteiger partial charge in [-0.3, -0.25) is 0 Å². The average Bonchev–Trinajstić information content (AvgIpc) is 2.55. The molecule has 0 radical (unpaired) electrons. The Balaban J connectivity index is 5.90. The Labute approximate surface area is 139 Å². The lowest BCUT2D eigenvalue weighted by molar-refractivity contribution is 0.949. The molecule has 0 saturated carbocycles. The van der Waals surface area contributed by atoms with Crippen LogP contribution in [-0.2, 0) is 0 Å². The Morgan fingerprint density at radius 3 is 1.14 bits per heavy atom. The Kier molecular flexibility index (Phi) is 12.4. The monoisotopic (exact) mass is 298 g/mol. The number of unbranched alkanes of at least 4 members (excludes halogenated alkanes) is 2. The smallest absolute Gasteiger partial charge is 0.00897 e. The van der Waals surface area contributed by atoms with Crippen molar-refractivity contribution in [3.05, 3.63) is 22.3 Å². The molecule has 0 atom stereocenters. The highest BCUT2D eigenvalue weighted by Crippen LogP contribution is 2.27. The number of hydrogen-bond acceptors (Lipinski definition) is 0. The summed E-state index contributed by atoms with van der Waals surface area (Å²) in [5.41, 5.74) is 5.51. The molecule has 0 fully saturated rings. The molecule has 0 unspecified atom stereocenters. The van der Waals surface area contributed by atoms with E-state index in [0.717, 1.165) is 51.4 Å². The molecule has 0 saturated heterocycles. The SMILES string of the molecule is CCCC#C/C(CC)=C(CC)\C(CC)=C(/C#CCCC)CC. The van der Waals surface area contributed by atoms with Crippen molar-refractivity contribution < 1.29 is 0 Å². The van der Waals surface area contributed by atoms with Crippen LogP contribution in [0.5, 0.6) is 0 Å². The Morgan fingerprint density at radius 2 is 0.909 bits per heavy atom. The Morgan fingerprint density at radius 1 is 0.545 bits per heavy atom. The van der Waals surface area contributed by atoms with Crippen molar-refractivity contribution in [3.8, 4) is 23.7 Å². The first-order chi connectivity index (χ1) is 10.7. The molecule has 0 spiro atoms. The van der Waals surface area contributed by atoms with Gasteiger partial charge in [-0.2, -0.15) is 0 Å². The van der Waals surface area contributed by atoms with Crippen molar-refractivity contribution >= 4 is 0 Å². The summed E-state index contributed by atoms with van der Waals surface area (Å²) in [4.78, 5) is 0. The van der Waals surface area contributed by atoms with E-state index in [-0.39, 0.29) is 0 Å². The maximum atomic E-state index is 3.43. The third kappa shape index (κ3) is 7.04. The predicted octanol–water partition coefficient (Wildman–Crippen LogP) is 6.83. The second-order valence-electron chi connectivity index (χ2n) is 5.43. The molecule has 0 aliphatic rings. The molecular weight excluding hydrogens is 264 g/mol. The van der Waals surface area contributed by atoms with Gasteiger partial charge in [-0.25, -0.2) is 0 Å². The number of rotatable bonds is 7. The molecule has 0 N–H and O–H groups in total. The van der Waals surface area contributed by atoms with Gasteiger partial charge in [-0.05, 0) is 49.7 Å². The fourth-order valence-electron chi connectivity index (χ4n) is 2.56. The van der Waals surface area contributed by atoms with Gasteiger partial charge in [-0.1, -0.05) is 65.2 Å². The first-order valence-electron chi connectivity index (χ1n) is 9.11. The van der Waals surface area contributed by atoms with Gasteiger partial charge in [0, 0.05) is 24.0 Å².